The summed E-state index contributed by atoms with van der Waals surface area (Å²) in [5, 5.41) is 24.6. The highest BCUT2D eigenvalue weighted by Gasteiger charge is 2.18. The third-order valence-electron chi connectivity index (χ3n) is 3.23. The number of hydrogen-bond acceptors (Lipinski definition) is 7. The lowest BCUT2D eigenvalue weighted by molar-refractivity contribution is -0.385. The molecular formula is C16H15N3O6. The van der Waals surface area contributed by atoms with Crippen LogP contribution in [-0.2, 0) is 0 Å². The van der Waals surface area contributed by atoms with Crippen LogP contribution in [0.15, 0.2) is 41.5 Å². The molecule has 1 amide bonds. The maximum absolute atomic E-state index is 12.0. The quantitative estimate of drug-likeness (QED) is 0.469. The van der Waals surface area contributed by atoms with Gasteiger partial charge in [-0.15, -0.1) is 0 Å². The summed E-state index contributed by atoms with van der Waals surface area (Å²) in [5.41, 5.74) is 2.08. The van der Waals surface area contributed by atoms with Crippen LogP contribution >= 0.6 is 0 Å². The van der Waals surface area contributed by atoms with E-state index in [0.717, 1.165) is 12.3 Å². The van der Waals surface area contributed by atoms with Crippen molar-refractivity contribution >= 4 is 17.8 Å². The van der Waals surface area contributed by atoms with E-state index in [9.17, 15) is 20.0 Å². The number of benzene rings is 2. The lowest BCUT2D eigenvalue weighted by Crippen LogP contribution is -2.17. The van der Waals surface area contributed by atoms with E-state index >= 15 is 0 Å². The second kappa shape index (κ2) is 7.77. The second-order valence-electron chi connectivity index (χ2n) is 4.77. The van der Waals surface area contributed by atoms with E-state index in [0.29, 0.717) is 11.3 Å². The summed E-state index contributed by atoms with van der Waals surface area (Å²) in [7, 11) is 2.81. The molecule has 0 saturated heterocycles. The number of ether oxygens (including phenoxy) is 2. The first-order chi connectivity index (χ1) is 12.0. The smallest absolute Gasteiger partial charge is 0.315 e. The van der Waals surface area contributed by atoms with Gasteiger partial charge in [-0.05, 0) is 24.3 Å². The molecule has 0 aliphatic rings. The van der Waals surface area contributed by atoms with Gasteiger partial charge in [0.05, 0.1) is 31.4 Å². The molecule has 2 aromatic rings. The van der Waals surface area contributed by atoms with Gasteiger partial charge in [0.2, 0.25) is 5.75 Å². The number of nitro benzene ring substituents is 1. The van der Waals surface area contributed by atoms with Gasteiger partial charge in [0.1, 0.15) is 11.5 Å². The van der Waals surface area contributed by atoms with E-state index in [2.05, 4.69) is 10.5 Å². The Morgan fingerprint density at radius 3 is 2.60 bits per heavy atom. The van der Waals surface area contributed by atoms with Crippen LogP contribution in [0, 0.1) is 10.1 Å². The van der Waals surface area contributed by atoms with Crippen molar-refractivity contribution in [1.29, 1.82) is 0 Å². The fourth-order valence-corrected chi connectivity index (χ4v) is 1.96. The van der Waals surface area contributed by atoms with Gasteiger partial charge in [-0.1, -0.05) is 6.07 Å². The highest BCUT2D eigenvalue weighted by molar-refractivity contribution is 5.95. The van der Waals surface area contributed by atoms with Crippen molar-refractivity contribution in [1.82, 2.24) is 5.43 Å². The highest BCUT2D eigenvalue weighted by atomic mass is 16.6. The molecule has 0 aromatic heterocycles. The first kappa shape index (κ1) is 17.7. The van der Waals surface area contributed by atoms with Crippen LogP contribution in [0.5, 0.6) is 17.2 Å². The molecule has 25 heavy (non-hydrogen) atoms. The van der Waals surface area contributed by atoms with E-state index in [1.165, 1.54) is 26.4 Å². The minimum absolute atomic E-state index is 0.0250. The van der Waals surface area contributed by atoms with Crippen LogP contribution in [0.4, 0.5) is 5.69 Å². The number of phenolic OH excluding ortho intramolecular Hbond substituents is 1. The molecular weight excluding hydrogens is 330 g/mol. The number of amides is 1. The maximum atomic E-state index is 12.0. The molecule has 2 aromatic carbocycles. The lowest BCUT2D eigenvalue weighted by atomic mass is 10.1. The Balaban J connectivity index is 2.20. The molecule has 0 aliphatic carbocycles. The van der Waals surface area contributed by atoms with Gasteiger partial charge < -0.3 is 14.6 Å². The topological polar surface area (TPSA) is 123 Å². The number of phenols is 1. The zero-order chi connectivity index (χ0) is 18.4. The summed E-state index contributed by atoms with van der Waals surface area (Å²) in [6.07, 6.45) is 1.09. The Morgan fingerprint density at radius 1 is 1.24 bits per heavy atom. The zero-order valence-corrected chi connectivity index (χ0v) is 13.4. The molecule has 0 bridgehead atoms. The van der Waals surface area contributed by atoms with Crippen molar-refractivity contribution in [3.63, 3.8) is 0 Å². The van der Waals surface area contributed by atoms with Crippen molar-refractivity contribution in [2.75, 3.05) is 14.2 Å². The molecule has 0 saturated carbocycles. The van der Waals surface area contributed by atoms with Gasteiger partial charge in [0.15, 0.2) is 0 Å². The standard InChI is InChI=1S/C16H15N3O6/c1-24-12-5-3-4-10(6-12)16(21)18-17-9-11-7-13(25-2)8-14(15(11)20)19(22)23/h3-9,20H,1-2H3,(H,18,21). The number of carbonyl (C=O) groups excluding carboxylic acids is 1. The molecule has 2 rings (SSSR count). The van der Waals surface area contributed by atoms with Crippen LogP contribution in [0.3, 0.4) is 0 Å². The summed E-state index contributed by atoms with van der Waals surface area (Å²) < 4.78 is 9.97. The Labute approximate surface area is 142 Å². The third-order valence-corrected chi connectivity index (χ3v) is 3.23. The van der Waals surface area contributed by atoms with Crippen molar-refractivity contribution < 1.29 is 24.3 Å². The summed E-state index contributed by atoms with van der Waals surface area (Å²) in [6.45, 7) is 0. The number of hydrogen-bond donors (Lipinski definition) is 2. The number of nitrogens with zero attached hydrogens (tertiary/aromatic N) is 2. The van der Waals surface area contributed by atoms with Crippen LogP contribution in [0.2, 0.25) is 0 Å². The number of rotatable bonds is 6. The monoisotopic (exact) mass is 345 g/mol. The van der Waals surface area contributed by atoms with Gasteiger partial charge in [-0.2, -0.15) is 5.10 Å². The van der Waals surface area contributed by atoms with Crippen molar-refractivity contribution in [2.45, 2.75) is 0 Å². The molecule has 0 fully saturated rings. The number of hydrazone groups is 1. The van der Waals surface area contributed by atoms with E-state index in [-0.39, 0.29) is 11.3 Å². The molecule has 130 valence electrons. The largest absolute Gasteiger partial charge is 0.502 e. The zero-order valence-electron chi connectivity index (χ0n) is 13.4. The predicted octanol–water partition coefficient (Wildman–Crippen LogP) is 2.08. The van der Waals surface area contributed by atoms with Crippen molar-refractivity contribution in [2.24, 2.45) is 5.10 Å². The summed E-state index contributed by atoms with van der Waals surface area (Å²) in [5.74, 6) is -0.403. The minimum Gasteiger partial charge on any atom is -0.502 e. The van der Waals surface area contributed by atoms with Crippen molar-refractivity contribution in [3.8, 4) is 17.2 Å². The first-order valence-corrected chi connectivity index (χ1v) is 6.99. The van der Waals surface area contributed by atoms with Crippen LogP contribution in [-0.4, -0.2) is 36.4 Å². The van der Waals surface area contributed by atoms with E-state index in [1.807, 2.05) is 0 Å². The van der Waals surface area contributed by atoms with E-state index in [1.54, 1.807) is 18.2 Å². The molecule has 2 N–H and O–H groups in total. The fraction of sp³-hybridized carbons (Fsp3) is 0.125. The molecule has 0 radical (unpaired) electrons. The van der Waals surface area contributed by atoms with Gasteiger partial charge in [0.25, 0.3) is 5.91 Å². The van der Waals surface area contributed by atoms with E-state index in [4.69, 9.17) is 9.47 Å². The maximum Gasteiger partial charge on any atom is 0.315 e. The van der Waals surface area contributed by atoms with Crippen molar-refractivity contribution in [3.05, 3.63) is 57.6 Å². The average Bonchev–Trinajstić information content (AvgIpc) is 2.62. The molecule has 0 spiro atoms. The Morgan fingerprint density at radius 2 is 1.96 bits per heavy atom. The van der Waals surface area contributed by atoms with Crippen LogP contribution < -0.4 is 14.9 Å². The van der Waals surface area contributed by atoms with Gasteiger partial charge in [-0.3, -0.25) is 14.9 Å². The molecule has 0 unspecified atom stereocenters. The molecule has 0 atom stereocenters. The van der Waals surface area contributed by atoms with Gasteiger partial charge in [0, 0.05) is 11.1 Å². The SMILES string of the molecule is COc1cccc(C(=O)NN=Cc2cc(OC)cc([N+](=O)[O-])c2O)c1. The molecule has 0 aliphatic heterocycles. The summed E-state index contributed by atoms with van der Waals surface area (Å²) in [4.78, 5) is 22.2. The first-order valence-electron chi connectivity index (χ1n) is 6.99. The number of aromatic hydroxyl groups is 1. The van der Waals surface area contributed by atoms with Gasteiger partial charge >= 0.3 is 5.69 Å². The number of nitro groups is 1. The normalized spacial score (nSPS) is 10.5. The second-order valence-corrected chi connectivity index (χ2v) is 4.77. The predicted molar refractivity (Wildman–Crippen MR) is 89.4 cm³/mol. The minimum atomic E-state index is -0.746. The Bertz CT molecular complexity index is 835. The summed E-state index contributed by atoms with van der Waals surface area (Å²) >= 11 is 0. The molecule has 0 heterocycles. The van der Waals surface area contributed by atoms with Crippen LogP contribution in [0.1, 0.15) is 15.9 Å². The third kappa shape index (κ3) is 4.22. The van der Waals surface area contributed by atoms with Gasteiger partial charge in [-0.25, -0.2) is 5.43 Å². The Kier molecular flexibility index (Phi) is 5.51. The average molecular weight is 345 g/mol. The number of carbonyl (C=O) groups is 1. The van der Waals surface area contributed by atoms with E-state index < -0.39 is 22.3 Å². The molecule has 9 heteroatoms. The number of nitrogens with one attached hydrogen (secondary N) is 1. The Hall–Kier alpha value is -3.62. The fourth-order valence-electron chi connectivity index (χ4n) is 1.96. The molecule has 9 nitrogen and oxygen atoms in total. The highest BCUT2D eigenvalue weighted by Crippen LogP contribution is 2.33. The van der Waals surface area contributed by atoms with Crippen LogP contribution in [0.25, 0.3) is 0 Å². The lowest BCUT2D eigenvalue weighted by Gasteiger charge is -2.05. The number of methoxy groups -OCH3 is 2. The summed E-state index contributed by atoms with van der Waals surface area (Å²) in [6, 6.07) is 8.87.